The van der Waals surface area contributed by atoms with Crippen molar-refractivity contribution in [1.82, 2.24) is 4.90 Å². The minimum atomic E-state index is -3.10. The van der Waals surface area contributed by atoms with E-state index in [1.807, 2.05) is 0 Å². The number of carbonyl (C=O) groups excluding carboxylic acids is 3. The molecule has 0 saturated heterocycles. The van der Waals surface area contributed by atoms with Crippen LogP contribution in [0.4, 0.5) is 8.78 Å². The Bertz CT molecular complexity index is 1610. The molecule has 5 rings (SSSR count). The number of ketones is 2. The number of phenols is 1. The van der Waals surface area contributed by atoms with Gasteiger partial charge in [-0.15, -0.1) is 0 Å². The van der Waals surface area contributed by atoms with Crippen LogP contribution in [0.2, 0.25) is 0 Å². The fourth-order valence-electron chi connectivity index (χ4n) is 6.10. The van der Waals surface area contributed by atoms with Crippen molar-refractivity contribution < 1.29 is 48.7 Å². The van der Waals surface area contributed by atoms with Gasteiger partial charge in [0.15, 0.2) is 11.4 Å². The Labute approximate surface area is 225 Å². The third-order valence-electron chi connectivity index (χ3n) is 7.81. The number of likely N-dealkylation sites (N-methyl/N-ethyl adjacent to an activating group) is 1. The van der Waals surface area contributed by atoms with Crippen LogP contribution < -0.4 is 5.73 Å². The normalized spacial score (nSPS) is 29.0. The van der Waals surface area contributed by atoms with E-state index in [4.69, 9.17) is 5.73 Å². The van der Waals surface area contributed by atoms with Crippen LogP contribution in [0, 0.1) is 23.5 Å². The smallest absolute Gasteiger partial charge is 0.255 e. The highest BCUT2D eigenvalue weighted by Crippen LogP contribution is 2.55. The van der Waals surface area contributed by atoms with Crippen molar-refractivity contribution in [3.63, 3.8) is 0 Å². The number of aliphatic hydroxyl groups excluding tert-OH is 3. The average molecular weight is 555 g/mol. The summed E-state index contributed by atoms with van der Waals surface area (Å²) in [4.78, 5) is 40.6. The Morgan fingerprint density at radius 3 is 2.38 bits per heavy atom. The molecule has 0 aliphatic heterocycles. The Morgan fingerprint density at radius 2 is 1.77 bits per heavy atom. The molecule has 3 aliphatic rings. The second-order valence-electron chi connectivity index (χ2n) is 10.2. The van der Waals surface area contributed by atoms with Gasteiger partial charge in [-0.2, -0.15) is 0 Å². The van der Waals surface area contributed by atoms with Crippen LogP contribution in [0.25, 0.3) is 11.6 Å². The summed E-state index contributed by atoms with van der Waals surface area (Å²) in [6, 6.07) is 5.19. The quantitative estimate of drug-likeness (QED) is 0.305. The number of amides is 1. The predicted octanol–water partition coefficient (Wildman–Crippen LogP) is 1.37. The molecule has 0 heterocycles. The molecule has 0 unspecified atom stereocenters. The molecule has 0 bridgehead atoms. The molecular formula is C28H24F2N2O8. The minimum Gasteiger partial charge on any atom is -0.510 e. The van der Waals surface area contributed by atoms with Gasteiger partial charge in [0.05, 0.1) is 29.2 Å². The summed E-state index contributed by atoms with van der Waals surface area (Å²) < 4.78 is 28.4. The fourth-order valence-corrected chi connectivity index (χ4v) is 6.10. The number of phenolic OH excluding ortho intramolecular Hbond substituents is 1. The van der Waals surface area contributed by atoms with E-state index in [0.717, 1.165) is 12.1 Å². The first-order valence-electron chi connectivity index (χ1n) is 12.0. The van der Waals surface area contributed by atoms with E-state index >= 15 is 0 Å². The molecule has 208 valence electrons. The van der Waals surface area contributed by atoms with Crippen molar-refractivity contribution in [3.05, 3.63) is 87.4 Å². The van der Waals surface area contributed by atoms with Crippen LogP contribution in [0.15, 0.2) is 59.1 Å². The Hall–Kier alpha value is -4.39. The number of nitrogens with zero attached hydrogens (tertiary/aromatic N) is 1. The van der Waals surface area contributed by atoms with Gasteiger partial charge >= 0.3 is 0 Å². The van der Waals surface area contributed by atoms with Crippen LogP contribution in [0.5, 0.6) is 5.75 Å². The Morgan fingerprint density at radius 1 is 1.10 bits per heavy atom. The molecule has 0 spiro atoms. The summed E-state index contributed by atoms with van der Waals surface area (Å²) in [5.74, 6) is -11.8. The predicted molar refractivity (Wildman–Crippen MR) is 136 cm³/mol. The SMILES string of the molecule is CN(C)[C@@H]1C(O)=C(C(N)=O)C(=O)[C@@]2(O)C(O)=C3C(=O)c4c(O)cccc4/C(=C\c4ccc(F)cc4F)[C@H]3[C@H](O)[C@@H]12. The van der Waals surface area contributed by atoms with Gasteiger partial charge in [0.25, 0.3) is 5.91 Å². The van der Waals surface area contributed by atoms with E-state index in [1.54, 1.807) is 0 Å². The van der Waals surface area contributed by atoms with Gasteiger partial charge in [-0.05, 0) is 49.5 Å². The molecule has 5 atom stereocenters. The highest BCUT2D eigenvalue weighted by molar-refractivity contribution is 6.25. The van der Waals surface area contributed by atoms with Crippen molar-refractivity contribution in [2.45, 2.75) is 17.7 Å². The lowest BCUT2D eigenvalue weighted by molar-refractivity contribution is -0.159. The van der Waals surface area contributed by atoms with Gasteiger partial charge in [-0.1, -0.05) is 12.1 Å². The van der Waals surface area contributed by atoms with Gasteiger partial charge in [-0.25, -0.2) is 8.78 Å². The number of hydrogen-bond donors (Lipinski definition) is 6. The van der Waals surface area contributed by atoms with Gasteiger partial charge < -0.3 is 31.3 Å². The first-order valence-corrected chi connectivity index (χ1v) is 12.0. The summed E-state index contributed by atoms with van der Waals surface area (Å²) >= 11 is 0. The lowest BCUT2D eigenvalue weighted by Gasteiger charge is -2.52. The van der Waals surface area contributed by atoms with Gasteiger partial charge in [0.2, 0.25) is 5.78 Å². The van der Waals surface area contributed by atoms with Crippen LogP contribution in [0.3, 0.4) is 0 Å². The van der Waals surface area contributed by atoms with E-state index in [9.17, 15) is 48.7 Å². The van der Waals surface area contributed by atoms with Crippen LogP contribution >= 0.6 is 0 Å². The number of aliphatic hydroxyl groups is 4. The van der Waals surface area contributed by atoms with Crippen molar-refractivity contribution in [2.75, 3.05) is 14.1 Å². The van der Waals surface area contributed by atoms with E-state index in [1.165, 1.54) is 43.3 Å². The number of halogens is 2. The minimum absolute atomic E-state index is 0.0127. The summed E-state index contributed by atoms with van der Waals surface area (Å²) in [5, 5.41) is 56.5. The molecule has 3 aliphatic carbocycles. The largest absolute Gasteiger partial charge is 0.510 e. The van der Waals surface area contributed by atoms with E-state index in [2.05, 4.69) is 0 Å². The number of nitrogens with two attached hydrogens (primary N) is 1. The van der Waals surface area contributed by atoms with E-state index in [0.29, 0.717) is 6.07 Å². The maximum absolute atomic E-state index is 14.8. The number of carbonyl (C=O) groups is 3. The number of aromatic hydroxyl groups is 1. The van der Waals surface area contributed by atoms with Gasteiger partial charge in [-0.3, -0.25) is 19.3 Å². The highest BCUT2D eigenvalue weighted by atomic mass is 19.1. The molecule has 12 heteroatoms. The highest BCUT2D eigenvalue weighted by Gasteiger charge is 2.67. The number of hydrogen-bond acceptors (Lipinski definition) is 9. The second-order valence-corrected chi connectivity index (χ2v) is 10.2. The summed E-state index contributed by atoms with van der Waals surface area (Å²) in [5.41, 5.74) is -0.0143. The Balaban J connectivity index is 1.88. The topological polar surface area (TPSA) is 182 Å². The second kappa shape index (κ2) is 9.08. The number of primary amides is 1. The lowest BCUT2D eigenvalue weighted by Crippen LogP contribution is -2.68. The molecule has 0 aromatic heterocycles. The van der Waals surface area contributed by atoms with Crippen LogP contribution in [-0.4, -0.2) is 79.7 Å². The molecule has 7 N–H and O–H groups in total. The summed E-state index contributed by atoms with van der Waals surface area (Å²) in [6.07, 6.45) is -0.733. The number of rotatable bonds is 3. The van der Waals surface area contributed by atoms with Crippen molar-refractivity contribution >= 4 is 29.1 Å². The van der Waals surface area contributed by atoms with Gasteiger partial charge in [0.1, 0.15) is 34.5 Å². The molecule has 0 saturated carbocycles. The third kappa shape index (κ3) is 3.53. The summed E-state index contributed by atoms with van der Waals surface area (Å²) in [7, 11) is 2.81. The first kappa shape index (κ1) is 27.2. The lowest BCUT2D eigenvalue weighted by atomic mass is 9.56. The zero-order chi connectivity index (χ0) is 29.4. The maximum Gasteiger partial charge on any atom is 0.255 e. The van der Waals surface area contributed by atoms with Crippen LogP contribution in [-0.2, 0) is 9.59 Å². The molecule has 0 fully saturated rings. The standard InChI is InChI=1S/C28H24F2N2O8/c1-32(2)21-20-23(35)17-13(8-10-6-7-11(29)9-14(10)30)12-4-3-5-15(33)16(12)22(34)18(17)25(37)28(20,40)26(38)19(24(21)36)27(31)39/h3-9,17,20-21,23,33,35-37,40H,1-2H3,(H2,31,39)/b13-8+/t17-,20-,21+,23+,28+/m1/s1. The maximum atomic E-state index is 14.8. The molecule has 2 aromatic rings. The molecule has 0 radical (unpaired) electrons. The zero-order valence-electron chi connectivity index (χ0n) is 21.1. The number of Topliss-reactive ketones (excluding diaryl/α,β-unsaturated/α-hetero) is 2. The fraction of sp³-hybridized carbons (Fsp3) is 0.250. The zero-order valence-corrected chi connectivity index (χ0v) is 21.1. The molecule has 1 amide bonds. The third-order valence-corrected chi connectivity index (χ3v) is 7.81. The van der Waals surface area contributed by atoms with E-state index in [-0.39, 0.29) is 22.3 Å². The molecular weight excluding hydrogens is 530 g/mol. The monoisotopic (exact) mass is 554 g/mol. The van der Waals surface area contributed by atoms with Crippen molar-refractivity contribution in [1.29, 1.82) is 0 Å². The first-order chi connectivity index (χ1) is 18.7. The van der Waals surface area contributed by atoms with Crippen molar-refractivity contribution in [2.24, 2.45) is 17.6 Å². The molecule has 10 nitrogen and oxygen atoms in total. The average Bonchev–Trinajstić information content (AvgIpc) is 2.86. The van der Waals surface area contributed by atoms with Crippen molar-refractivity contribution in [3.8, 4) is 5.75 Å². The van der Waals surface area contributed by atoms with Crippen LogP contribution in [0.1, 0.15) is 21.5 Å². The number of benzene rings is 2. The Kier molecular flexibility index (Phi) is 6.17. The molecule has 2 aromatic carbocycles. The molecule has 40 heavy (non-hydrogen) atoms. The number of fused-ring (bicyclic) bond motifs is 3. The van der Waals surface area contributed by atoms with Gasteiger partial charge in [0, 0.05) is 17.5 Å². The summed E-state index contributed by atoms with van der Waals surface area (Å²) in [6.45, 7) is 0. The van der Waals surface area contributed by atoms with E-state index < -0.39 is 87.1 Å².